The summed E-state index contributed by atoms with van der Waals surface area (Å²) in [6.07, 6.45) is 1.08. The molecule has 0 aliphatic heterocycles. The van der Waals surface area contributed by atoms with Crippen molar-refractivity contribution in [2.75, 3.05) is 6.54 Å². The fourth-order valence-electron chi connectivity index (χ4n) is 1.82. The highest BCUT2D eigenvalue weighted by Gasteiger charge is 2.03. The molecular formula is C16H18FNS. The van der Waals surface area contributed by atoms with E-state index in [2.05, 4.69) is 12.2 Å². The van der Waals surface area contributed by atoms with Gasteiger partial charge in [0.15, 0.2) is 0 Å². The standard InChI is InChI=1S/C16H18FNS/c1-2-8-18-12-13-9-14(17)11-16(10-13)19-15-6-4-3-5-7-15/h3-7,9-11,18H,2,8,12H2,1H3. The van der Waals surface area contributed by atoms with Crippen LogP contribution in [0.3, 0.4) is 0 Å². The molecule has 0 spiro atoms. The Morgan fingerprint density at radius 1 is 1.05 bits per heavy atom. The molecule has 0 radical (unpaired) electrons. The predicted molar refractivity (Wildman–Crippen MR) is 79.0 cm³/mol. The molecule has 3 heteroatoms. The van der Waals surface area contributed by atoms with Crippen molar-refractivity contribution < 1.29 is 4.39 Å². The van der Waals surface area contributed by atoms with Crippen molar-refractivity contribution in [1.29, 1.82) is 0 Å². The molecule has 0 aromatic heterocycles. The maximum atomic E-state index is 13.6. The third-order valence-electron chi connectivity index (χ3n) is 2.67. The molecule has 0 amide bonds. The van der Waals surface area contributed by atoms with Gasteiger partial charge in [-0.2, -0.15) is 0 Å². The molecule has 2 aromatic rings. The zero-order chi connectivity index (χ0) is 13.5. The minimum atomic E-state index is -0.172. The van der Waals surface area contributed by atoms with Gasteiger partial charge in [-0.15, -0.1) is 0 Å². The molecule has 1 nitrogen and oxygen atoms in total. The van der Waals surface area contributed by atoms with Crippen molar-refractivity contribution in [3.63, 3.8) is 0 Å². The molecule has 100 valence electrons. The van der Waals surface area contributed by atoms with E-state index < -0.39 is 0 Å². The van der Waals surface area contributed by atoms with Crippen LogP contribution in [0.2, 0.25) is 0 Å². The highest BCUT2D eigenvalue weighted by molar-refractivity contribution is 7.99. The summed E-state index contributed by atoms with van der Waals surface area (Å²) in [5.41, 5.74) is 0.992. The minimum Gasteiger partial charge on any atom is -0.313 e. The van der Waals surface area contributed by atoms with Crippen molar-refractivity contribution in [3.8, 4) is 0 Å². The fourth-order valence-corrected chi connectivity index (χ4v) is 2.76. The van der Waals surface area contributed by atoms with E-state index in [1.54, 1.807) is 23.9 Å². The lowest BCUT2D eigenvalue weighted by Gasteiger charge is -2.07. The SMILES string of the molecule is CCCNCc1cc(F)cc(Sc2ccccc2)c1. The van der Waals surface area contributed by atoms with Gasteiger partial charge < -0.3 is 5.32 Å². The molecule has 0 bridgehead atoms. The van der Waals surface area contributed by atoms with Gasteiger partial charge in [-0.25, -0.2) is 4.39 Å². The van der Waals surface area contributed by atoms with E-state index in [9.17, 15) is 4.39 Å². The Hall–Kier alpha value is -1.32. The Balaban J connectivity index is 2.08. The third kappa shape index (κ3) is 4.69. The first-order chi connectivity index (χ1) is 9.28. The average molecular weight is 275 g/mol. The van der Waals surface area contributed by atoms with E-state index in [0.717, 1.165) is 28.3 Å². The van der Waals surface area contributed by atoms with E-state index in [1.807, 2.05) is 36.4 Å². The Morgan fingerprint density at radius 3 is 2.58 bits per heavy atom. The van der Waals surface area contributed by atoms with Crippen LogP contribution in [0.1, 0.15) is 18.9 Å². The van der Waals surface area contributed by atoms with Gasteiger partial charge in [-0.3, -0.25) is 0 Å². The highest BCUT2D eigenvalue weighted by Crippen LogP contribution is 2.28. The zero-order valence-electron chi connectivity index (χ0n) is 11.0. The second-order valence-corrected chi connectivity index (χ2v) is 5.53. The first-order valence-corrected chi connectivity index (χ1v) is 7.32. The quantitative estimate of drug-likeness (QED) is 0.780. The summed E-state index contributed by atoms with van der Waals surface area (Å²) < 4.78 is 13.6. The van der Waals surface area contributed by atoms with Crippen molar-refractivity contribution in [2.24, 2.45) is 0 Å². The summed E-state index contributed by atoms with van der Waals surface area (Å²) in [4.78, 5) is 2.07. The van der Waals surface area contributed by atoms with Crippen LogP contribution in [0.25, 0.3) is 0 Å². The summed E-state index contributed by atoms with van der Waals surface area (Å²) >= 11 is 1.59. The van der Waals surface area contributed by atoms with Crippen LogP contribution in [0, 0.1) is 5.82 Å². The van der Waals surface area contributed by atoms with Crippen molar-refractivity contribution in [1.82, 2.24) is 5.32 Å². The monoisotopic (exact) mass is 275 g/mol. The van der Waals surface area contributed by atoms with Crippen molar-refractivity contribution in [2.45, 2.75) is 29.7 Å². The topological polar surface area (TPSA) is 12.0 Å². The van der Waals surface area contributed by atoms with Gasteiger partial charge in [0.2, 0.25) is 0 Å². The average Bonchev–Trinajstić information content (AvgIpc) is 2.39. The molecule has 2 rings (SSSR count). The van der Waals surface area contributed by atoms with E-state index in [1.165, 1.54) is 0 Å². The normalized spacial score (nSPS) is 10.6. The molecule has 19 heavy (non-hydrogen) atoms. The second-order valence-electron chi connectivity index (χ2n) is 4.39. The Morgan fingerprint density at radius 2 is 1.84 bits per heavy atom. The number of rotatable bonds is 6. The fraction of sp³-hybridized carbons (Fsp3) is 0.250. The first kappa shape index (κ1) is 14.1. The largest absolute Gasteiger partial charge is 0.313 e. The minimum absolute atomic E-state index is 0.172. The van der Waals surface area contributed by atoms with Crippen LogP contribution < -0.4 is 5.32 Å². The lowest BCUT2D eigenvalue weighted by Crippen LogP contribution is -2.13. The molecule has 0 aliphatic rings. The smallest absolute Gasteiger partial charge is 0.124 e. The van der Waals surface area contributed by atoms with E-state index >= 15 is 0 Å². The Kier molecular flexibility index (Phi) is 5.43. The van der Waals surface area contributed by atoms with E-state index in [-0.39, 0.29) is 5.82 Å². The first-order valence-electron chi connectivity index (χ1n) is 6.51. The number of hydrogen-bond donors (Lipinski definition) is 1. The van der Waals surface area contributed by atoms with E-state index in [0.29, 0.717) is 6.54 Å². The van der Waals surface area contributed by atoms with Crippen LogP contribution in [0.15, 0.2) is 58.3 Å². The Labute approximate surface area is 118 Å². The van der Waals surface area contributed by atoms with Gasteiger partial charge in [0.05, 0.1) is 0 Å². The lowest BCUT2D eigenvalue weighted by atomic mass is 10.2. The van der Waals surface area contributed by atoms with Gasteiger partial charge in [0.25, 0.3) is 0 Å². The third-order valence-corrected chi connectivity index (χ3v) is 3.65. The molecule has 0 unspecified atom stereocenters. The van der Waals surface area contributed by atoms with Gasteiger partial charge >= 0.3 is 0 Å². The molecule has 2 aromatic carbocycles. The Bertz CT molecular complexity index is 513. The van der Waals surface area contributed by atoms with Gasteiger partial charge in [0.1, 0.15) is 5.82 Å². The van der Waals surface area contributed by atoms with Crippen molar-refractivity contribution in [3.05, 3.63) is 59.9 Å². The number of halogens is 1. The number of benzene rings is 2. The molecule has 0 heterocycles. The summed E-state index contributed by atoms with van der Waals surface area (Å²) in [6, 6.07) is 15.3. The maximum absolute atomic E-state index is 13.6. The summed E-state index contributed by atoms with van der Waals surface area (Å²) in [6.45, 7) is 3.79. The van der Waals surface area contributed by atoms with Gasteiger partial charge in [-0.1, -0.05) is 36.9 Å². The molecule has 0 fully saturated rings. The molecule has 0 aliphatic carbocycles. The van der Waals surface area contributed by atoms with E-state index in [4.69, 9.17) is 0 Å². The summed E-state index contributed by atoms with van der Waals surface area (Å²) in [7, 11) is 0. The predicted octanol–water partition coefficient (Wildman–Crippen LogP) is 4.48. The summed E-state index contributed by atoms with van der Waals surface area (Å²) in [5, 5.41) is 3.29. The highest BCUT2D eigenvalue weighted by atomic mass is 32.2. The zero-order valence-corrected chi connectivity index (χ0v) is 11.8. The van der Waals surface area contributed by atoms with Crippen molar-refractivity contribution >= 4 is 11.8 Å². The van der Waals surface area contributed by atoms with Crippen LogP contribution in [-0.2, 0) is 6.54 Å². The molecule has 0 saturated carbocycles. The number of nitrogens with one attached hydrogen (secondary N) is 1. The van der Waals surface area contributed by atoms with Crippen LogP contribution in [-0.4, -0.2) is 6.54 Å². The van der Waals surface area contributed by atoms with Gasteiger partial charge in [0, 0.05) is 16.3 Å². The molecule has 0 saturated heterocycles. The lowest BCUT2D eigenvalue weighted by molar-refractivity contribution is 0.615. The molecular weight excluding hydrogens is 257 g/mol. The van der Waals surface area contributed by atoms with Gasteiger partial charge in [-0.05, 0) is 48.9 Å². The molecule has 1 N–H and O–H groups in total. The second kappa shape index (κ2) is 7.31. The molecule has 0 atom stereocenters. The van der Waals surface area contributed by atoms with Crippen LogP contribution in [0.4, 0.5) is 4.39 Å². The van der Waals surface area contributed by atoms with Crippen LogP contribution >= 0.6 is 11.8 Å². The number of hydrogen-bond acceptors (Lipinski definition) is 2. The summed E-state index contributed by atoms with van der Waals surface area (Å²) in [5.74, 6) is -0.172. The van der Waals surface area contributed by atoms with Crippen LogP contribution in [0.5, 0.6) is 0 Å². The maximum Gasteiger partial charge on any atom is 0.124 e.